The Bertz CT molecular complexity index is 1500. The van der Waals surface area contributed by atoms with E-state index in [-0.39, 0.29) is 16.5 Å². The fourth-order valence-corrected chi connectivity index (χ4v) is 6.87. The first-order valence-corrected chi connectivity index (χ1v) is 12.6. The lowest BCUT2D eigenvalue weighted by molar-refractivity contribution is -0.137. The highest BCUT2D eigenvalue weighted by Crippen LogP contribution is 2.53. The molecule has 0 radical (unpaired) electrons. The number of rotatable bonds is 3. The summed E-state index contributed by atoms with van der Waals surface area (Å²) in [5.74, 6) is -1.27. The average Bonchev–Trinajstić information content (AvgIpc) is 3.35. The minimum Gasteiger partial charge on any atom is -0.476 e. The summed E-state index contributed by atoms with van der Waals surface area (Å²) in [5.41, 5.74) is 2.33. The molecule has 1 aliphatic rings. The number of hydrogen-bond donors (Lipinski definition) is 1. The van der Waals surface area contributed by atoms with E-state index in [1.807, 2.05) is 13.0 Å². The fourth-order valence-electron chi connectivity index (χ4n) is 4.00. The quantitative estimate of drug-likeness (QED) is 0.276. The Morgan fingerprint density at radius 1 is 1.14 bits per heavy atom. The van der Waals surface area contributed by atoms with Gasteiger partial charge in [-0.3, -0.25) is 0 Å². The van der Waals surface area contributed by atoms with Crippen LogP contribution in [0.2, 0.25) is 10.0 Å². The Kier molecular flexibility index (Phi) is 5.90. The maximum absolute atomic E-state index is 13.0. The van der Waals surface area contributed by atoms with E-state index in [2.05, 4.69) is 10.1 Å². The summed E-state index contributed by atoms with van der Waals surface area (Å²) in [6, 6.07) is 7.89. The number of carboxylic acid groups (broad SMARTS) is 1. The summed E-state index contributed by atoms with van der Waals surface area (Å²) in [5, 5.41) is 15.7. The van der Waals surface area contributed by atoms with E-state index in [0.29, 0.717) is 32.1 Å². The van der Waals surface area contributed by atoms with Crippen LogP contribution in [0.25, 0.3) is 27.5 Å². The molecule has 0 spiro atoms. The van der Waals surface area contributed by atoms with Gasteiger partial charge in [0.15, 0.2) is 5.69 Å². The zero-order chi connectivity index (χ0) is 25.2. The third-order valence-electron chi connectivity index (χ3n) is 5.60. The van der Waals surface area contributed by atoms with Gasteiger partial charge in [-0.15, -0.1) is 11.8 Å². The highest BCUT2D eigenvalue weighted by atomic mass is 35.5. The molecule has 12 heteroatoms. The minimum atomic E-state index is -4.49. The lowest BCUT2D eigenvalue weighted by Crippen LogP contribution is -2.09. The van der Waals surface area contributed by atoms with E-state index in [4.69, 9.17) is 23.2 Å². The molecule has 0 amide bonds. The fraction of sp³-hybridized carbons (Fsp3) is 0.174. The molecule has 2 aromatic heterocycles. The molecule has 4 aromatic rings. The van der Waals surface area contributed by atoms with Gasteiger partial charge >= 0.3 is 12.1 Å². The summed E-state index contributed by atoms with van der Waals surface area (Å²) < 4.78 is 41.1. The Labute approximate surface area is 215 Å². The first kappa shape index (κ1) is 24.2. The molecule has 0 aliphatic carbocycles. The lowest BCUT2D eigenvalue weighted by Gasteiger charge is -2.21. The van der Waals surface area contributed by atoms with Crippen LogP contribution < -0.4 is 0 Å². The highest BCUT2D eigenvalue weighted by Gasteiger charge is 2.32. The third kappa shape index (κ3) is 4.12. The van der Waals surface area contributed by atoms with Crippen LogP contribution in [0.3, 0.4) is 0 Å². The second-order valence-electron chi connectivity index (χ2n) is 7.85. The van der Waals surface area contributed by atoms with E-state index < -0.39 is 17.7 Å². The maximum Gasteiger partial charge on any atom is 0.416 e. The smallest absolute Gasteiger partial charge is 0.416 e. The summed E-state index contributed by atoms with van der Waals surface area (Å²) in [6.45, 7) is 3.64. The van der Waals surface area contributed by atoms with Crippen molar-refractivity contribution in [3.05, 3.63) is 69.0 Å². The van der Waals surface area contributed by atoms with E-state index >= 15 is 0 Å². The number of alkyl halides is 3. The first-order valence-electron chi connectivity index (χ1n) is 10.1. The molecule has 0 bridgehead atoms. The first-order chi connectivity index (χ1) is 16.5. The summed E-state index contributed by atoms with van der Waals surface area (Å²) in [4.78, 5) is 17.0. The second kappa shape index (κ2) is 8.55. The van der Waals surface area contributed by atoms with Gasteiger partial charge in [-0.1, -0.05) is 46.7 Å². The normalized spacial score (nSPS) is 15.1. The molecule has 0 saturated heterocycles. The van der Waals surface area contributed by atoms with Gasteiger partial charge in [-0.05, 0) is 49.2 Å². The predicted molar refractivity (Wildman–Crippen MR) is 131 cm³/mol. The molecule has 180 valence electrons. The zero-order valence-electron chi connectivity index (χ0n) is 17.9. The molecule has 1 unspecified atom stereocenters. The van der Waals surface area contributed by atoms with Crippen LogP contribution in [-0.4, -0.2) is 25.8 Å². The van der Waals surface area contributed by atoms with Crippen LogP contribution >= 0.6 is 46.3 Å². The Balaban J connectivity index is 1.65. The van der Waals surface area contributed by atoms with E-state index in [9.17, 15) is 23.1 Å². The summed E-state index contributed by atoms with van der Waals surface area (Å²) in [7, 11) is 0. The number of thioether (sulfide) groups is 1. The number of fused-ring (bicyclic) bond motifs is 3. The standard InChI is InChI=1S/C23H14Cl2F3N3O2S2/c1-9-17(11-3-5-12(6-4-11)23(26,27)28)19(20(32)33)31(30-9)22-29-18-14-8-16(25)15(24)7-13(14)10(2)34-21(18)35-22/h3-8,10H,1-2H3,(H,32,33). The van der Waals surface area contributed by atoms with E-state index in [0.717, 1.165) is 27.5 Å². The Morgan fingerprint density at radius 2 is 1.80 bits per heavy atom. The Morgan fingerprint density at radius 3 is 2.43 bits per heavy atom. The molecule has 5 rings (SSSR count). The van der Waals surface area contributed by atoms with Crippen molar-refractivity contribution < 1.29 is 23.1 Å². The molecule has 0 fully saturated rings. The van der Waals surface area contributed by atoms with Gasteiger partial charge in [0.1, 0.15) is 0 Å². The van der Waals surface area contributed by atoms with Gasteiger partial charge in [0.2, 0.25) is 5.13 Å². The van der Waals surface area contributed by atoms with Crippen LogP contribution in [0.15, 0.2) is 40.6 Å². The molecule has 1 aliphatic heterocycles. The number of carbonyl (C=O) groups is 1. The van der Waals surface area contributed by atoms with Gasteiger partial charge in [0.25, 0.3) is 0 Å². The van der Waals surface area contributed by atoms with Crippen molar-refractivity contribution in [1.82, 2.24) is 14.8 Å². The van der Waals surface area contributed by atoms with Crippen molar-refractivity contribution in [3.8, 4) is 27.5 Å². The predicted octanol–water partition coefficient (Wildman–Crippen LogP) is 8.16. The highest BCUT2D eigenvalue weighted by molar-refractivity contribution is 8.01. The van der Waals surface area contributed by atoms with Crippen molar-refractivity contribution in [2.45, 2.75) is 29.5 Å². The van der Waals surface area contributed by atoms with Gasteiger partial charge < -0.3 is 5.11 Å². The molecular formula is C23H14Cl2F3N3O2S2. The average molecular weight is 556 g/mol. The molecule has 1 atom stereocenters. The van der Waals surface area contributed by atoms with Gasteiger partial charge in [-0.25, -0.2) is 9.78 Å². The number of nitrogens with zero attached hydrogens (tertiary/aromatic N) is 3. The SMILES string of the molecule is Cc1nn(-c2nc3c(s2)SC(C)c2cc(Cl)c(Cl)cc2-3)c(C(=O)O)c1-c1ccc(C(F)(F)F)cc1. The number of halogens is 5. The zero-order valence-corrected chi connectivity index (χ0v) is 21.1. The van der Waals surface area contributed by atoms with Crippen molar-refractivity contribution in [2.24, 2.45) is 0 Å². The van der Waals surface area contributed by atoms with Gasteiger partial charge in [0.05, 0.1) is 31.2 Å². The summed E-state index contributed by atoms with van der Waals surface area (Å²) >= 11 is 15.3. The molecule has 2 aromatic carbocycles. The number of aromatic nitrogens is 3. The molecule has 1 N–H and O–H groups in total. The minimum absolute atomic E-state index is 0.0709. The molecule has 3 heterocycles. The third-order valence-corrected chi connectivity index (χ3v) is 8.70. The van der Waals surface area contributed by atoms with Crippen LogP contribution in [0.1, 0.15) is 39.5 Å². The number of aromatic carboxylic acids is 1. The number of thiazole rings is 1. The number of carboxylic acids is 1. The Hall–Kier alpha value is -2.53. The number of aryl methyl sites for hydroxylation is 1. The molecular weight excluding hydrogens is 542 g/mol. The van der Waals surface area contributed by atoms with Crippen molar-refractivity contribution in [1.29, 1.82) is 0 Å². The monoisotopic (exact) mass is 555 g/mol. The van der Waals surface area contributed by atoms with Gasteiger partial charge in [0, 0.05) is 16.4 Å². The lowest BCUT2D eigenvalue weighted by atomic mass is 10.0. The molecule has 35 heavy (non-hydrogen) atoms. The summed E-state index contributed by atoms with van der Waals surface area (Å²) in [6.07, 6.45) is -4.49. The van der Waals surface area contributed by atoms with Crippen LogP contribution in [0, 0.1) is 6.92 Å². The maximum atomic E-state index is 13.0. The van der Waals surface area contributed by atoms with Crippen LogP contribution in [-0.2, 0) is 6.18 Å². The van der Waals surface area contributed by atoms with Crippen molar-refractivity contribution >= 4 is 52.3 Å². The van der Waals surface area contributed by atoms with Crippen molar-refractivity contribution in [3.63, 3.8) is 0 Å². The van der Waals surface area contributed by atoms with Gasteiger partial charge in [-0.2, -0.15) is 23.0 Å². The topological polar surface area (TPSA) is 68.0 Å². The molecule has 0 saturated carbocycles. The second-order valence-corrected chi connectivity index (χ2v) is 11.2. The number of hydrogen-bond acceptors (Lipinski definition) is 5. The number of benzene rings is 2. The molecule has 5 nitrogen and oxygen atoms in total. The van der Waals surface area contributed by atoms with E-state index in [1.165, 1.54) is 28.2 Å². The van der Waals surface area contributed by atoms with Crippen LogP contribution in [0.4, 0.5) is 13.2 Å². The van der Waals surface area contributed by atoms with Crippen molar-refractivity contribution in [2.75, 3.05) is 0 Å². The van der Waals surface area contributed by atoms with Crippen LogP contribution in [0.5, 0.6) is 0 Å². The largest absolute Gasteiger partial charge is 0.476 e. The van der Waals surface area contributed by atoms with E-state index in [1.54, 1.807) is 24.8 Å².